The Labute approximate surface area is 105 Å². The Morgan fingerprint density at radius 3 is 2.88 bits per heavy atom. The first kappa shape index (κ1) is 12.2. The summed E-state index contributed by atoms with van der Waals surface area (Å²) in [5.74, 6) is 0.962. The van der Waals surface area contributed by atoms with Gasteiger partial charge in [-0.2, -0.15) is 0 Å². The first-order chi connectivity index (χ1) is 7.69. The second-order valence-electron chi connectivity index (χ2n) is 4.29. The van der Waals surface area contributed by atoms with Crippen LogP contribution < -0.4 is 0 Å². The monoisotopic (exact) mass is 261 g/mol. The molecule has 1 nitrogen and oxygen atoms in total. The molecule has 0 spiro atoms. The molecule has 88 valence electrons. The third-order valence-corrected chi connectivity index (χ3v) is 3.70. The van der Waals surface area contributed by atoms with Crippen LogP contribution in [0.3, 0.4) is 0 Å². The van der Waals surface area contributed by atoms with Gasteiger partial charge in [-0.15, -0.1) is 11.6 Å². The van der Waals surface area contributed by atoms with E-state index in [2.05, 4.69) is 4.90 Å². The average Bonchev–Trinajstić information content (AvgIpc) is 2.71. The topological polar surface area (TPSA) is 3.24 Å². The molecule has 0 N–H and O–H groups in total. The summed E-state index contributed by atoms with van der Waals surface area (Å²) in [4.78, 5) is 2.33. The minimum absolute atomic E-state index is 0.200. The van der Waals surface area contributed by atoms with Crippen LogP contribution in [-0.4, -0.2) is 23.9 Å². The first-order valence-electron chi connectivity index (χ1n) is 5.41. The molecule has 1 atom stereocenters. The molecule has 1 fully saturated rings. The zero-order chi connectivity index (χ0) is 11.5. The van der Waals surface area contributed by atoms with Crippen LogP contribution in [0.1, 0.15) is 12.0 Å². The lowest BCUT2D eigenvalue weighted by Gasteiger charge is -2.15. The van der Waals surface area contributed by atoms with Gasteiger partial charge >= 0.3 is 0 Å². The molecular formula is C12H14Cl2FN. The first-order valence-corrected chi connectivity index (χ1v) is 6.32. The maximum Gasteiger partial charge on any atom is 0.141 e. The van der Waals surface area contributed by atoms with Gasteiger partial charge in [-0.3, -0.25) is 4.90 Å². The quantitative estimate of drug-likeness (QED) is 0.753. The molecule has 2 rings (SSSR count). The van der Waals surface area contributed by atoms with E-state index < -0.39 is 0 Å². The lowest BCUT2D eigenvalue weighted by atomic mass is 10.2. The summed E-state index contributed by atoms with van der Waals surface area (Å²) in [6.45, 7) is 2.91. The fourth-order valence-corrected chi connectivity index (χ4v) is 2.53. The van der Waals surface area contributed by atoms with Gasteiger partial charge < -0.3 is 0 Å². The molecule has 0 saturated carbocycles. The Balaban J connectivity index is 1.97. The molecular weight excluding hydrogens is 248 g/mol. The van der Waals surface area contributed by atoms with Crippen LogP contribution in [-0.2, 0) is 6.54 Å². The molecule has 0 radical (unpaired) electrons. The van der Waals surface area contributed by atoms with Gasteiger partial charge in [0.15, 0.2) is 0 Å². The summed E-state index contributed by atoms with van der Waals surface area (Å²) >= 11 is 11.6. The second-order valence-corrected chi connectivity index (χ2v) is 5.01. The normalized spacial score (nSPS) is 21.6. The Kier molecular flexibility index (Phi) is 4.06. The summed E-state index contributed by atoms with van der Waals surface area (Å²) in [7, 11) is 0. The average molecular weight is 262 g/mol. The molecule has 0 amide bonds. The smallest absolute Gasteiger partial charge is 0.141 e. The van der Waals surface area contributed by atoms with Gasteiger partial charge in [0.1, 0.15) is 5.82 Å². The number of hydrogen-bond acceptors (Lipinski definition) is 1. The molecule has 16 heavy (non-hydrogen) atoms. The summed E-state index contributed by atoms with van der Waals surface area (Å²) in [6.07, 6.45) is 1.15. The molecule has 1 aromatic carbocycles. The van der Waals surface area contributed by atoms with Crippen molar-refractivity contribution in [3.05, 3.63) is 34.6 Å². The molecule has 0 bridgehead atoms. The largest absolute Gasteiger partial charge is 0.299 e. The van der Waals surface area contributed by atoms with Crippen molar-refractivity contribution in [2.24, 2.45) is 5.92 Å². The van der Waals surface area contributed by atoms with Gasteiger partial charge in [-0.05, 0) is 36.6 Å². The second kappa shape index (κ2) is 5.35. The standard InChI is InChI=1S/C12H14Cl2FN/c13-6-10-3-4-16(8-10)7-9-1-2-12(15)11(14)5-9/h1-2,5,10H,3-4,6-8H2. The van der Waals surface area contributed by atoms with Crippen molar-refractivity contribution in [1.29, 1.82) is 0 Å². The zero-order valence-electron chi connectivity index (χ0n) is 8.93. The van der Waals surface area contributed by atoms with E-state index in [9.17, 15) is 4.39 Å². The molecule has 1 heterocycles. The van der Waals surface area contributed by atoms with Crippen molar-refractivity contribution in [1.82, 2.24) is 4.90 Å². The highest BCUT2D eigenvalue weighted by Gasteiger charge is 2.21. The Bertz CT molecular complexity index is 370. The third kappa shape index (κ3) is 2.88. The van der Waals surface area contributed by atoms with Crippen LogP contribution in [0, 0.1) is 11.7 Å². The predicted molar refractivity (Wildman–Crippen MR) is 65.5 cm³/mol. The summed E-state index contributed by atoms with van der Waals surface area (Å²) in [5.41, 5.74) is 1.06. The van der Waals surface area contributed by atoms with Gasteiger partial charge in [-0.25, -0.2) is 4.39 Å². The van der Waals surface area contributed by atoms with Crippen molar-refractivity contribution in [2.45, 2.75) is 13.0 Å². The maximum absolute atomic E-state index is 13.0. The van der Waals surface area contributed by atoms with Crippen molar-refractivity contribution < 1.29 is 4.39 Å². The van der Waals surface area contributed by atoms with E-state index in [4.69, 9.17) is 23.2 Å². The molecule has 0 aliphatic carbocycles. The minimum Gasteiger partial charge on any atom is -0.299 e. The maximum atomic E-state index is 13.0. The summed E-state index contributed by atoms with van der Waals surface area (Å²) in [5, 5.41) is 0.200. The molecule has 1 unspecified atom stereocenters. The van der Waals surface area contributed by atoms with Gasteiger partial charge in [-0.1, -0.05) is 17.7 Å². The number of rotatable bonds is 3. The molecule has 1 aromatic rings. The number of hydrogen-bond donors (Lipinski definition) is 0. The van der Waals surface area contributed by atoms with Gasteiger partial charge in [0.2, 0.25) is 0 Å². The Hall–Kier alpha value is -0.310. The molecule has 1 aliphatic heterocycles. The highest BCUT2D eigenvalue weighted by molar-refractivity contribution is 6.30. The van der Waals surface area contributed by atoms with Crippen molar-refractivity contribution in [3.8, 4) is 0 Å². The van der Waals surface area contributed by atoms with Crippen molar-refractivity contribution in [2.75, 3.05) is 19.0 Å². The zero-order valence-corrected chi connectivity index (χ0v) is 10.4. The van der Waals surface area contributed by atoms with Crippen LogP contribution in [0.4, 0.5) is 4.39 Å². The van der Waals surface area contributed by atoms with E-state index in [1.54, 1.807) is 12.1 Å². The number of benzene rings is 1. The van der Waals surface area contributed by atoms with Crippen LogP contribution in [0.2, 0.25) is 5.02 Å². The van der Waals surface area contributed by atoms with Crippen LogP contribution in [0.5, 0.6) is 0 Å². The van der Waals surface area contributed by atoms with E-state index >= 15 is 0 Å². The fourth-order valence-electron chi connectivity index (χ4n) is 2.08. The van der Waals surface area contributed by atoms with Crippen LogP contribution in [0.15, 0.2) is 18.2 Å². The molecule has 0 aromatic heterocycles. The van der Waals surface area contributed by atoms with Crippen molar-refractivity contribution >= 4 is 23.2 Å². The number of likely N-dealkylation sites (tertiary alicyclic amines) is 1. The lowest BCUT2D eigenvalue weighted by Crippen LogP contribution is -2.20. The third-order valence-electron chi connectivity index (χ3n) is 2.98. The Morgan fingerprint density at radius 1 is 1.44 bits per heavy atom. The number of alkyl halides is 1. The SMILES string of the molecule is Fc1ccc(CN2CCC(CCl)C2)cc1Cl. The van der Waals surface area contributed by atoms with E-state index in [0.29, 0.717) is 5.92 Å². The van der Waals surface area contributed by atoms with E-state index in [-0.39, 0.29) is 10.8 Å². The predicted octanol–water partition coefficient (Wildman–Crippen LogP) is 3.54. The van der Waals surface area contributed by atoms with Gasteiger partial charge in [0.25, 0.3) is 0 Å². The number of halogens is 3. The Morgan fingerprint density at radius 2 is 2.25 bits per heavy atom. The minimum atomic E-state index is -0.356. The molecule has 4 heteroatoms. The van der Waals surface area contributed by atoms with Crippen LogP contribution >= 0.6 is 23.2 Å². The highest BCUT2D eigenvalue weighted by Crippen LogP contribution is 2.22. The highest BCUT2D eigenvalue weighted by atomic mass is 35.5. The molecule has 1 saturated heterocycles. The fraction of sp³-hybridized carbons (Fsp3) is 0.500. The van der Waals surface area contributed by atoms with E-state index in [1.807, 2.05) is 0 Å². The van der Waals surface area contributed by atoms with Gasteiger partial charge in [0, 0.05) is 19.0 Å². The lowest BCUT2D eigenvalue weighted by molar-refractivity contribution is 0.321. The summed E-state index contributed by atoms with van der Waals surface area (Å²) < 4.78 is 13.0. The summed E-state index contributed by atoms with van der Waals surface area (Å²) in [6, 6.07) is 4.91. The van der Waals surface area contributed by atoms with Crippen LogP contribution in [0.25, 0.3) is 0 Å². The van der Waals surface area contributed by atoms with E-state index in [1.165, 1.54) is 6.07 Å². The van der Waals surface area contributed by atoms with Gasteiger partial charge in [0.05, 0.1) is 5.02 Å². The van der Waals surface area contributed by atoms with Crippen molar-refractivity contribution in [3.63, 3.8) is 0 Å². The van der Waals surface area contributed by atoms with E-state index in [0.717, 1.165) is 37.5 Å². The number of nitrogens with zero attached hydrogens (tertiary/aromatic N) is 1. The molecule has 1 aliphatic rings.